The van der Waals surface area contributed by atoms with E-state index in [4.69, 9.17) is 0 Å². The van der Waals surface area contributed by atoms with E-state index in [1.165, 1.54) is 4.31 Å². The van der Waals surface area contributed by atoms with E-state index in [1.807, 2.05) is 13.0 Å². The van der Waals surface area contributed by atoms with Gasteiger partial charge in [-0.25, -0.2) is 0 Å². The molecule has 112 valence electrons. The number of halogens is 1. The predicted octanol–water partition coefficient (Wildman–Crippen LogP) is 2.12. The van der Waals surface area contributed by atoms with Crippen molar-refractivity contribution >= 4 is 31.8 Å². The van der Waals surface area contributed by atoms with Crippen molar-refractivity contribution in [3.8, 4) is 0 Å². The number of hydrogen-bond donors (Lipinski definition) is 2. The number of nitrogens with zero attached hydrogens (tertiary/aromatic N) is 1. The van der Waals surface area contributed by atoms with E-state index < -0.39 is 10.2 Å². The minimum absolute atomic E-state index is 0.0297. The second kappa shape index (κ2) is 6.43. The van der Waals surface area contributed by atoms with E-state index in [-0.39, 0.29) is 12.5 Å². The summed E-state index contributed by atoms with van der Waals surface area (Å²) in [6.45, 7) is 2.76. The molecule has 0 radical (unpaired) electrons. The summed E-state index contributed by atoms with van der Waals surface area (Å²) < 4.78 is 29.7. The minimum atomic E-state index is -3.57. The van der Waals surface area contributed by atoms with Gasteiger partial charge in [-0.15, -0.1) is 0 Å². The van der Waals surface area contributed by atoms with Gasteiger partial charge in [0.2, 0.25) is 0 Å². The molecule has 1 aliphatic rings. The highest BCUT2D eigenvalue weighted by atomic mass is 79.9. The summed E-state index contributed by atoms with van der Waals surface area (Å²) in [6.07, 6.45) is 1.65. The van der Waals surface area contributed by atoms with Crippen LogP contribution < -0.4 is 4.72 Å². The SMILES string of the molecule is Cc1c(Br)cccc1NS(=O)(=O)N1CCCC(CO)C1. The van der Waals surface area contributed by atoms with Crippen molar-refractivity contribution in [2.75, 3.05) is 24.4 Å². The van der Waals surface area contributed by atoms with Crippen LogP contribution in [0, 0.1) is 12.8 Å². The van der Waals surface area contributed by atoms with E-state index in [0.29, 0.717) is 18.8 Å². The van der Waals surface area contributed by atoms with E-state index in [9.17, 15) is 13.5 Å². The van der Waals surface area contributed by atoms with Gasteiger partial charge in [-0.3, -0.25) is 4.72 Å². The topological polar surface area (TPSA) is 69.6 Å². The summed E-state index contributed by atoms with van der Waals surface area (Å²) in [6, 6.07) is 5.41. The number of nitrogens with one attached hydrogen (secondary N) is 1. The molecule has 0 aliphatic carbocycles. The molecule has 1 heterocycles. The van der Waals surface area contributed by atoms with Crippen molar-refractivity contribution in [3.05, 3.63) is 28.2 Å². The highest BCUT2D eigenvalue weighted by Crippen LogP contribution is 2.26. The first kappa shape index (κ1) is 15.8. The van der Waals surface area contributed by atoms with Crippen LogP contribution in [0.5, 0.6) is 0 Å². The normalized spacial score (nSPS) is 20.9. The molecule has 0 bridgehead atoms. The van der Waals surface area contributed by atoms with Crippen molar-refractivity contribution in [2.45, 2.75) is 19.8 Å². The van der Waals surface area contributed by atoms with Crippen LogP contribution in [0.1, 0.15) is 18.4 Å². The average molecular weight is 363 g/mol. The van der Waals surface area contributed by atoms with Crippen LogP contribution in [0.15, 0.2) is 22.7 Å². The maximum absolute atomic E-state index is 12.4. The van der Waals surface area contributed by atoms with Crippen molar-refractivity contribution < 1.29 is 13.5 Å². The third-order valence-electron chi connectivity index (χ3n) is 3.59. The van der Waals surface area contributed by atoms with Crippen LogP contribution in [0.2, 0.25) is 0 Å². The van der Waals surface area contributed by atoms with Crippen LogP contribution in [-0.4, -0.2) is 37.5 Å². The molecule has 1 aromatic carbocycles. The summed E-state index contributed by atoms with van der Waals surface area (Å²) in [4.78, 5) is 0. The number of hydrogen-bond acceptors (Lipinski definition) is 3. The molecule has 1 unspecified atom stereocenters. The predicted molar refractivity (Wildman–Crippen MR) is 82.8 cm³/mol. The first-order valence-corrected chi connectivity index (χ1v) is 8.81. The molecule has 1 aromatic rings. The summed E-state index contributed by atoms with van der Waals surface area (Å²) in [5, 5.41) is 9.20. The second-order valence-corrected chi connectivity index (χ2v) is 7.59. The van der Waals surface area contributed by atoms with Crippen LogP contribution in [0.3, 0.4) is 0 Å². The summed E-state index contributed by atoms with van der Waals surface area (Å²) in [5.74, 6) is 0.0314. The Morgan fingerprint density at radius 3 is 2.95 bits per heavy atom. The Morgan fingerprint density at radius 2 is 2.25 bits per heavy atom. The molecule has 2 rings (SSSR count). The van der Waals surface area contributed by atoms with E-state index in [2.05, 4.69) is 20.7 Å². The van der Waals surface area contributed by atoms with Crippen molar-refractivity contribution in [1.82, 2.24) is 4.31 Å². The number of rotatable bonds is 4. The lowest BCUT2D eigenvalue weighted by Crippen LogP contribution is -2.43. The quantitative estimate of drug-likeness (QED) is 0.861. The maximum Gasteiger partial charge on any atom is 0.301 e. The fraction of sp³-hybridized carbons (Fsp3) is 0.538. The Morgan fingerprint density at radius 1 is 1.50 bits per heavy atom. The van der Waals surface area contributed by atoms with E-state index >= 15 is 0 Å². The lowest BCUT2D eigenvalue weighted by Gasteiger charge is -2.31. The molecule has 1 fully saturated rings. The van der Waals surface area contributed by atoms with Gasteiger partial charge in [-0.1, -0.05) is 22.0 Å². The van der Waals surface area contributed by atoms with Gasteiger partial charge in [0, 0.05) is 24.2 Å². The highest BCUT2D eigenvalue weighted by Gasteiger charge is 2.28. The summed E-state index contributed by atoms with van der Waals surface area (Å²) in [5.41, 5.74) is 1.43. The van der Waals surface area contributed by atoms with Gasteiger partial charge >= 0.3 is 10.2 Å². The second-order valence-electron chi connectivity index (χ2n) is 5.07. The third kappa shape index (κ3) is 3.52. The zero-order valence-corrected chi connectivity index (χ0v) is 13.7. The Hall–Kier alpha value is -0.630. The first-order chi connectivity index (χ1) is 9.44. The van der Waals surface area contributed by atoms with Crippen molar-refractivity contribution in [2.24, 2.45) is 5.92 Å². The third-order valence-corrected chi connectivity index (χ3v) is 5.93. The molecule has 0 saturated carbocycles. The number of benzene rings is 1. The number of piperidine rings is 1. The van der Waals surface area contributed by atoms with Crippen LogP contribution in [0.4, 0.5) is 5.69 Å². The first-order valence-electron chi connectivity index (χ1n) is 6.58. The summed E-state index contributed by atoms with van der Waals surface area (Å²) in [7, 11) is -3.57. The number of anilines is 1. The standard InChI is InChI=1S/C13H19BrN2O3S/c1-10-12(14)5-2-6-13(10)15-20(18,19)16-7-3-4-11(8-16)9-17/h2,5-6,11,15,17H,3-4,7-9H2,1H3. The Kier molecular flexibility index (Phi) is 5.06. The van der Waals surface area contributed by atoms with Crippen LogP contribution in [0.25, 0.3) is 0 Å². The maximum atomic E-state index is 12.4. The van der Waals surface area contributed by atoms with Crippen LogP contribution in [-0.2, 0) is 10.2 Å². The van der Waals surface area contributed by atoms with Gasteiger partial charge in [0.25, 0.3) is 0 Å². The van der Waals surface area contributed by atoms with Crippen LogP contribution >= 0.6 is 15.9 Å². The van der Waals surface area contributed by atoms with Gasteiger partial charge in [-0.05, 0) is 43.4 Å². The molecular formula is C13H19BrN2O3S. The zero-order valence-electron chi connectivity index (χ0n) is 11.3. The average Bonchev–Trinajstić information content (AvgIpc) is 2.44. The zero-order chi connectivity index (χ0) is 14.8. The molecule has 7 heteroatoms. The number of aliphatic hydroxyl groups excluding tert-OH is 1. The van der Waals surface area contributed by atoms with E-state index in [1.54, 1.807) is 12.1 Å². The monoisotopic (exact) mass is 362 g/mol. The molecule has 0 spiro atoms. The molecular weight excluding hydrogens is 344 g/mol. The Balaban J connectivity index is 2.16. The molecule has 0 amide bonds. The van der Waals surface area contributed by atoms with Gasteiger partial charge in [-0.2, -0.15) is 12.7 Å². The molecule has 0 aromatic heterocycles. The van der Waals surface area contributed by atoms with Crippen molar-refractivity contribution in [1.29, 1.82) is 0 Å². The fourth-order valence-electron chi connectivity index (χ4n) is 2.32. The Labute approximate surface area is 128 Å². The molecule has 1 aliphatic heterocycles. The fourth-order valence-corrected chi connectivity index (χ4v) is 4.09. The van der Waals surface area contributed by atoms with Gasteiger partial charge < -0.3 is 5.11 Å². The van der Waals surface area contributed by atoms with Gasteiger partial charge in [0.05, 0.1) is 5.69 Å². The molecule has 5 nitrogen and oxygen atoms in total. The summed E-state index contributed by atoms with van der Waals surface area (Å²) >= 11 is 3.39. The van der Waals surface area contributed by atoms with Gasteiger partial charge in [0.1, 0.15) is 0 Å². The molecule has 1 atom stereocenters. The lowest BCUT2D eigenvalue weighted by atomic mass is 10.0. The van der Waals surface area contributed by atoms with E-state index in [0.717, 1.165) is 22.9 Å². The van der Waals surface area contributed by atoms with Gasteiger partial charge in [0.15, 0.2) is 0 Å². The molecule has 20 heavy (non-hydrogen) atoms. The number of aliphatic hydroxyl groups is 1. The smallest absolute Gasteiger partial charge is 0.301 e. The Bertz CT molecular complexity index is 577. The minimum Gasteiger partial charge on any atom is -0.396 e. The largest absolute Gasteiger partial charge is 0.396 e. The lowest BCUT2D eigenvalue weighted by molar-refractivity contribution is 0.166. The highest BCUT2D eigenvalue weighted by molar-refractivity contribution is 9.10. The molecule has 2 N–H and O–H groups in total. The van der Waals surface area contributed by atoms with Crippen molar-refractivity contribution in [3.63, 3.8) is 0 Å². The molecule has 1 saturated heterocycles.